The van der Waals surface area contributed by atoms with Crippen LogP contribution in [-0.4, -0.2) is 6.72 Å². The van der Waals surface area contributed by atoms with Gasteiger partial charge in [-0.25, -0.2) is 0 Å². The van der Waals surface area contributed by atoms with Crippen LogP contribution in [0.4, 0.5) is 5.69 Å². The molecule has 0 bridgehead atoms. The number of nitriles is 1. The summed E-state index contributed by atoms with van der Waals surface area (Å²) in [6.07, 6.45) is 0. The SMILES string of the molecule is C=Nc1ccc(-c2ccc(-c3ccc(C#N)cc3)cc2)cc1. The maximum atomic E-state index is 8.84. The molecule has 2 nitrogen and oxygen atoms in total. The average molecular weight is 282 g/mol. The van der Waals surface area contributed by atoms with Gasteiger partial charge in [-0.3, -0.25) is 4.99 Å². The third-order valence-electron chi connectivity index (χ3n) is 3.62. The molecule has 0 aromatic heterocycles. The molecule has 0 heterocycles. The summed E-state index contributed by atoms with van der Waals surface area (Å²) in [7, 11) is 0. The molecule has 0 aliphatic rings. The van der Waals surface area contributed by atoms with Crippen molar-refractivity contribution in [2.45, 2.75) is 0 Å². The summed E-state index contributed by atoms with van der Waals surface area (Å²) in [6, 6.07) is 26.1. The van der Waals surface area contributed by atoms with Crippen molar-refractivity contribution in [2.24, 2.45) is 4.99 Å². The Morgan fingerprint density at radius 2 is 1.00 bits per heavy atom. The summed E-state index contributed by atoms with van der Waals surface area (Å²) in [5.74, 6) is 0. The predicted molar refractivity (Wildman–Crippen MR) is 91.2 cm³/mol. The number of aliphatic imine (C=N–C) groups is 1. The number of hydrogen-bond acceptors (Lipinski definition) is 2. The van der Waals surface area contributed by atoms with Gasteiger partial charge in [0.25, 0.3) is 0 Å². The molecule has 2 heteroatoms. The van der Waals surface area contributed by atoms with Gasteiger partial charge in [0.1, 0.15) is 0 Å². The minimum absolute atomic E-state index is 0.677. The monoisotopic (exact) mass is 282 g/mol. The molecule has 0 atom stereocenters. The average Bonchev–Trinajstić information content (AvgIpc) is 2.62. The first kappa shape index (κ1) is 13.8. The van der Waals surface area contributed by atoms with E-state index in [2.05, 4.69) is 42.0 Å². The van der Waals surface area contributed by atoms with E-state index in [9.17, 15) is 0 Å². The van der Waals surface area contributed by atoms with Gasteiger partial charge < -0.3 is 0 Å². The first-order valence-electron chi connectivity index (χ1n) is 6.98. The minimum Gasteiger partial charge on any atom is -0.265 e. The molecule has 0 radical (unpaired) electrons. The van der Waals surface area contributed by atoms with Crippen LogP contribution in [0.2, 0.25) is 0 Å². The van der Waals surface area contributed by atoms with Gasteiger partial charge >= 0.3 is 0 Å². The van der Waals surface area contributed by atoms with E-state index >= 15 is 0 Å². The maximum absolute atomic E-state index is 8.84. The summed E-state index contributed by atoms with van der Waals surface area (Å²) in [6.45, 7) is 3.52. The van der Waals surface area contributed by atoms with Crippen molar-refractivity contribution in [3.8, 4) is 28.3 Å². The van der Waals surface area contributed by atoms with Crippen molar-refractivity contribution in [1.82, 2.24) is 0 Å². The minimum atomic E-state index is 0.677. The number of hydrogen-bond donors (Lipinski definition) is 0. The van der Waals surface area contributed by atoms with Crippen LogP contribution in [-0.2, 0) is 0 Å². The Kier molecular flexibility index (Phi) is 3.80. The second-order valence-electron chi connectivity index (χ2n) is 4.97. The summed E-state index contributed by atoms with van der Waals surface area (Å²) in [5, 5.41) is 8.84. The highest BCUT2D eigenvalue weighted by Crippen LogP contribution is 2.26. The van der Waals surface area contributed by atoms with Gasteiger partial charge in [0.2, 0.25) is 0 Å². The van der Waals surface area contributed by atoms with Crippen LogP contribution in [0.1, 0.15) is 5.56 Å². The van der Waals surface area contributed by atoms with Gasteiger partial charge in [0, 0.05) is 0 Å². The lowest BCUT2D eigenvalue weighted by Crippen LogP contribution is -1.81. The molecule has 0 fully saturated rings. The standard InChI is InChI=1S/C20H14N2/c1-22-20-12-10-19(11-13-20)18-8-6-17(7-9-18)16-4-2-15(14-21)3-5-16/h2-13H,1H2. The fourth-order valence-electron chi connectivity index (χ4n) is 2.35. The fraction of sp³-hybridized carbons (Fsp3) is 0. The predicted octanol–water partition coefficient (Wildman–Crippen LogP) is 5.22. The molecule has 0 saturated heterocycles. The molecule has 0 unspecified atom stereocenters. The highest BCUT2D eigenvalue weighted by molar-refractivity contribution is 5.71. The molecular formula is C20H14N2. The van der Waals surface area contributed by atoms with Crippen molar-refractivity contribution in [3.63, 3.8) is 0 Å². The molecular weight excluding hydrogens is 268 g/mol. The van der Waals surface area contributed by atoms with Crippen molar-refractivity contribution in [3.05, 3.63) is 78.4 Å². The second-order valence-corrected chi connectivity index (χ2v) is 4.97. The largest absolute Gasteiger partial charge is 0.265 e. The topological polar surface area (TPSA) is 36.1 Å². The van der Waals surface area contributed by atoms with Crippen LogP contribution in [0.25, 0.3) is 22.3 Å². The molecule has 22 heavy (non-hydrogen) atoms. The smallest absolute Gasteiger partial charge is 0.0991 e. The van der Waals surface area contributed by atoms with Crippen LogP contribution in [0.15, 0.2) is 77.8 Å². The van der Waals surface area contributed by atoms with Gasteiger partial charge in [-0.15, -0.1) is 0 Å². The van der Waals surface area contributed by atoms with E-state index in [1.807, 2.05) is 48.5 Å². The van der Waals surface area contributed by atoms with Crippen molar-refractivity contribution in [2.75, 3.05) is 0 Å². The number of nitrogens with zero attached hydrogens (tertiary/aromatic N) is 2. The Morgan fingerprint density at radius 1 is 0.636 bits per heavy atom. The summed E-state index contributed by atoms with van der Waals surface area (Å²) < 4.78 is 0. The van der Waals surface area contributed by atoms with Crippen LogP contribution in [0, 0.1) is 11.3 Å². The van der Waals surface area contributed by atoms with Gasteiger partial charge in [0.15, 0.2) is 0 Å². The van der Waals surface area contributed by atoms with E-state index in [1.54, 1.807) is 0 Å². The Balaban J connectivity index is 1.88. The maximum Gasteiger partial charge on any atom is 0.0991 e. The molecule has 3 rings (SSSR count). The molecule has 0 saturated carbocycles. The molecule has 0 spiro atoms. The normalized spacial score (nSPS) is 9.95. The molecule has 104 valence electrons. The lowest BCUT2D eigenvalue weighted by atomic mass is 9.99. The Bertz CT molecular complexity index is 821. The van der Waals surface area contributed by atoms with E-state index < -0.39 is 0 Å². The fourth-order valence-corrected chi connectivity index (χ4v) is 2.35. The first-order valence-corrected chi connectivity index (χ1v) is 6.98. The van der Waals surface area contributed by atoms with Gasteiger partial charge in [-0.1, -0.05) is 48.5 Å². The quantitative estimate of drug-likeness (QED) is 0.606. The van der Waals surface area contributed by atoms with E-state index in [0.29, 0.717) is 5.56 Å². The molecule has 0 aliphatic carbocycles. The number of rotatable bonds is 3. The van der Waals surface area contributed by atoms with E-state index in [1.165, 1.54) is 0 Å². The first-order chi connectivity index (χ1) is 10.8. The Labute approximate surface area is 130 Å². The van der Waals surface area contributed by atoms with Crippen molar-refractivity contribution >= 4 is 12.4 Å². The van der Waals surface area contributed by atoms with Crippen molar-refractivity contribution < 1.29 is 0 Å². The highest BCUT2D eigenvalue weighted by Gasteiger charge is 2.01. The van der Waals surface area contributed by atoms with Crippen LogP contribution < -0.4 is 0 Å². The third-order valence-corrected chi connectivity index (χ3v) is 3.62. The summed E-state index contributed by atoms with van der Waals surface area (Å²) in [5.41, 5.74) is 6.11. The Morgan fingerprint density at radius 3 is 1.36 bits per heavy atom. The van der Waals surface area contributed by atoms with Crippen molar-refractivity contribution in [1.29, 1.82) is 5.26 Å². The number of benzene rings is 3. The zero-order chi connectivity index (χ0) is 15.4. The molecule has 0 aliphatic heterocycles. The summed E-state index contributed by atoms with van der Waals surface area (Å²) in [4.78, 5) is 3.90. The molecule has 3 aromatic carbocycles. The molecule has 3 aromatic rings. The highest BCUT2D eigenvalue weighted by atomic mass is 14.7. The van der Waals surface area contributed by atoms with Gasteiger partial charge in [0.05, 0.1) is 17.3 Å². The van der Waals surface area contributed by atoms with Crippen LogP contribution in [0.3, 0.4) is 0 Å². The molecule has 0 amide bonds. The zero-order valence-electron chi connectivity index (χ0n) is 12.0. The Hall–Kier alpha value is -3.18. The lowest BCUT2D eigenvalue weighted by Gasteiger charge is -2.05. The molecule has 0 N–H and O–H groups in total. The van der Waals surface area contributed by atoms with E-state index in [-0.39, 0.29) is 0 Å². The summed E-state index contributed by atoms with van der Waals surface area (Å²) >= 11 is 0. The lowest BCUT2D eigenvalue weighted by molar-refractivity contribution is 1.48. The zero-order valence-corrected chi connectivity index (χ0v) is 12.0. The van der Waals surface area contributed by atoms with E-state index in [0.717, 1.165) is 27.9 Å². The second kappa shape index (κ2) is 6.07. The van der Waals surface area contributed by atoms with Crippen LogP contribution in [0.5, 0.6) is 0 Å². The third kappa shape index (κ3) is 2.79. The van der Waals surface area contributed by atoms with E-state index in [4.69, 9.17) is 5.26 Å². The van der Waals surface area contributed by atoms with Crippen LogP contribution >= 0.6 is 0 Å². The van der Waals surface area contributed by atoms with Gasteiger partial charge in [-0.2, -0.15) is 5.26 Å². The van der Waals surface area contributed by atoms with Gasteiger partial charge in [-0.05, 0) is 53.2 Å².